The highest BCUT2D eigenvalue weighted by Crippen LogP contribution is 2.39. The second kappa shape index (κ2) is 8.68. The number of halogens is 4. The van der Waals surface area contributed by atoms with Crippen LogP contribution in [0.15, 0.2) is 36.4 Å². The molecule has 2 amide bonds. The molecule has 2 aliphatic heterocycles. The van der Waals surface area contributed by atoms with Crippen LogP contribution in [-0.4, -0.2) is 42.0 Å². The number of likely N-dealkylation sites (tertiary alicyclic amines) is 1. The maximum Gasteiger partial charge on any atom is 0.387 e. The van der Waals surface area contributed by atoms with Crippen molar-refractivity contribution in [2.45, 2.75) is 38.0 Å². The summed E-state index contributed by atoms with van der Waals surface area (Å²) in [7, 11) is 0. The van der Waals surface area contributed by atoms with Crippen LogP contribution in [0.4, 0.5) is 28.0 Å². The average molecular weight is 451 g/mol. The van der Waals surface area contributed by atoms with Crippen molar-refractivity contribution in [2.75, 3.05) is 18.4 Å². The minimum absolute atomic E-state index is 0.0123. The number of amides is 2. The highest BCUT2D eigenvalue weighted by Gasteiger charge is 2.42. The fourth-order valence-corrected chi connectivity index (χ4v) is 4.15. The number of ether oxygens (including phenoxy) is 1. The van der Waals surface area contributed by atoms with Gasteiger partial charge >= 0.3 is 12.6 Å². The van der Waals surface area contributed by atoms with Gasteiger partial charge in [-0.05, 0) is 36.6 Å². The molecule has 0 radical (unpaired) electrons. The van der Waals surface area contributed by atoms with Gasteiger partial charge in [-0.25, -0.2) is 13.6 Å². The molecule has 170 valence electrons. The summed E-state index contributed by atoms with van der Waals surface area (Å²) in [4.78, 5) is 26.6. The molecule has 2 aromatic rings. The molecule has 6 nitrogen and oxygen atoms in total. The van der Waals surface area contributed by atoms with Gasteiger partial charge in [0.1, 0.15) is 17.4 Å². The molecule has 10 heteroatoms. The molecule has 0 bridgehead atoms. The third-order valence-corrected chi connectivity index (χ3v) is 5.84. The topological polar surface area (TPSA) is 70.7 Å². The van der Waals surface area contributed by atoms with Crippen molar-refractivity contribution in [1.82, 2.24) is 10.2 Å². The predicted octanol–water partition coefficient (Wildman–Crippen LogP) is 4.31. The van der Waals surface area contributed by atoms with Gasteiger partial charge in [0.25, 0.3) is 0 Å². The number of carbonyl (C=O) groups excluding carboxylic acids is 2. The van der Waals surface area contributed by atoms with E-state index in [0.29, 0.717) is 31.5 Å². The highest BCUT2D eigenvalue weighted by molar-refractivity contribution is 6.04. The van der Waals surface area contributed by atoms with Crippen molar-refractivity contribution in [1.29, 1.82) is 0 Å². The Hall–Kier alpha value is -3.30. The summed E-state index contributed by atoms with van der Waals surface area (Å²) in [6.45, 7) is -1.99. The highest BCUT2D eigenvalue weighted by atomic mass is 19.3. The van der Waals surface area contributed by atoms with Crippen LogP contribution in [0.25, 0.3) is 0 Å². The van der Waals surface area contributed by atoms with Crippen LogP contribution in [0.1, 0.15) is 35.2 Å². The first kappa shape index (κ1) is 21.9. The number of hydrogen-bond acceptors (Lipinski definition) is 4. The largest absolute Gasteiger partial charge is 0.435 e. The van der Waals surface area contributed by atoms with E-state index in [-0.39, 0.29) is 41.8 Å². The molecule has 0 unspecified atom stereocenters. The van der Waals surface area contributed by atoms with E-state index in [1.807, 2.05) is 0 Å². The lowest BCUT2D eigenvalue weighted by Crippen LogP contribution is -2.55. The predicted molar refractivity (Wildman–Crippen MR) is 108 cm³/mol. The van der Waals surface area contributed by atoms with Crippen LogP contribution in [0, 0.1) is 11.6 Å². The molecule has 1 spiro atoms. The number of nitrogens with one attached hydrogen (secondary N) is 2. The zero-order valence-corrected chi connectivity index (χ0v) is 17.0. The fourth-order valence-electron chi connectivity index (χ4n) is 4.15. The van der Waals surface area contributed by atoms with Gasteiger partial charge in [0.05, 0.1) is 5.69 Å². The summed E-state index contributed by atoms with van der Waals surface area (Å²) in [6, 6.07) is 7.43. The zero-order valence-electron chi connectivity index (χ0n) is 17.0. The molecule has 4 rings (SSSR count). The molecule has 2 heterocycles. The summed E-state index contributed by atoms with van der Waals surface area (Å²) in [5, 5.41) is 5.86. The molecule has 0 aromatic heterocycles. The van der Waals surface area contributed by atoms with Crippen LogP contribution in [-0.2, 0) is 6.54 Å². The number of anilines is 1. The smallest absolute Gasteiger partial charge is 0.387 e. The Balaban J connectivity index is 1.32. The molecular formula is C22H21F4N3O3. The maximum absolute atomic E-state index is 14.2. The Morgan fingerprint density at radius 1 is 1.16 bits per heavy atom. The average Bonchev–Trinajstić information content (AvgIpc) is 2.74. The van der Waals surface area contributed by atoms with Gasteiger partial charge in [0.15, 0.2) is 5.78 Å². The molecule has 2 aromatic carbocycles. The summed E-state index contributed by atoms with van der Waals surface area (Å²) in [5.41, 5.74) is 0.0606. The third-order valence-electron chi connectivity index (χ3n) is 5.84. The van der Waals surface area contributed by atoms with Crippen molar-refractivity contribution in [3.05, 3.63) is 59.2 Å². The van der Waals surface area contributed by atoms with Crippen LogP contribution in [0.3, 0.4) is 0 Å². The summed E-state index contributed by atoms with van der Waals surface area (Å²) >= 11 is 0. The van der Waals surface area contributed by atoms with Gasteiger partial charge in [0, 0.05) is 43.2 Å². The van der Waals surface area contributed by atoms with E-state index >= 15 is 0 Å². The van der Waals surface area contributed by atoms with E-state index in [9.17, 15) is 27.2 Å². The van der Waals surface area contributed by atoms with Gasteiger partial charge in [-0.2, -0.15) is 8.78 Å². The molecule has 2 aliphatic rings. The molecule has 0 aliphatic carbocycles. The van der Waals surface area contributed by atoms with Gasteiger partial charge in [-0.15, -0.1) is 0 Å². The molecule has 0 saturated carbocycles. The van der Waals surface area contributed by atoms with Crippen LogP contribution in [0.5, 0.6) is 5.75 Å². The molecule has 2 N–H and O–H groups in total. The van der Waals surface area contributed by atoms with Crippen molar-refractivity contribution in [3.8, 4) is 5.75 Å². The van der Waals surface area contributed by atoms with Gasteiger partial charge in [0.2, 0.25) is 0 Å². The van der Waals surface area contributed by atoms with Crippen LogP contribution in [0.2, 0.25) is 0 Å². The summed E-state index contributed by atoms with van der Waals surface area (Å²) in [6.07, 6.45) is 0.968. The molecule has 0 atom stereocenters. The maximum atomic E-state index is 14.2. The van der Waals surface area contributed by atoms with Gasteiger partial charge in [-0.3, -0.25) is 4.79 Å². The van der Waals surface area contributed by atoms with E-state index in [4.69, 9.17) is 0 Å². The quantitative estimate of drug-likeness (QED) is 0.680. The Labute approximate surface area is 181 Å². The number of urea groups is 1. The monoisotopic (exact) mass is 451 g/mol. The minimum Gasteiger partial charge on any atom is -0.435 e. The second-order valence-electron chi connectivity index (χ2n) is 7.98. The van der Waals surface area contributed by atoms with Crippen LogP contribution < -0.4 is 15.4 Å². The SMILES string of the molecule is O=C1CC2(CCN(C(=O)NCc3ccc(OC(F)F)cc3)CC2)Nc2c(F)cc(F)cc21. The minimum atomic E-state index is -2.90. The van der Waals surface area contributed by atoms with Gasteiger partial charge < -0.3 is 20.3 Å². The first-order chi connectivity index (χ1) is 15.2. The van der Waals surface area contributed by atoms with Crippen molar-refractivity contribution in [2.24, 2.45) is 0 Å². The van der Waals surface area contributed by atoms with Crippen molar-refractivity contribution < 1.29 is 31.9 Å². The Bertz CT molecular complexity index is 1020. The van der Waals surface area contributed by atoms with Gasteiger partial charge in [-0.1, -0.05) is 12.1 Å². The second-order valence-corrected chi connectivity index (χ2v) is 7.98. The Morgan fingerprint density at radius 2 is 1.84 bits per heavy atom. The number of Topliss-reactive ketones (excluding diaryl/α,β-unsaturated/α-hetero) is 1. The first-order valence-electron chi connectivity index (χ1n) is 10.1. The molecule has 1 saturated heterocycles. The Kier molecular flexibility index (Phi) is 5.94. The number of fused-ring (bicyclic) bond motifs is 1. The summed E-state index contributed by atoms with van der Waals surface area (Å²) < 4.78 is 56.4. The number of carbonyl (C=O) groups is 2. The number of hydrogen-bond donors (Lipinski definition) is 2. The zero-order chi connectivity index (χ0) is 22.9. The lowest BCUT2D eigenvalue weighted by molar-refractivity contribution is -0.0498. The van der Waals surface area contributed by atoms with Crippen molar-refractivity contribution in [3.63, 3.8) is 0 Å². The lowest BCUT2D eigenvalue weighted by Gasteiger charge is -2.45. The third kappa shape index (κ3) is 4.63. The number of rotatable bonds is 4. The van der Waals surface area contributed by atoms with E-state index in [0.717, 1.165) is 12.1 Å². The number of benzene rings is 2. The van der Waals surface area contributed by atoms with E-state index in [1.54, 1.807) is 17.0 Å². The Morgan fingerprint density at radius 3 is 2.50 bits per heavy atom. The lowest BCUT2D eigenvalue weighted by atomic mass is 9.78. The van der Waals surface area contributed by atoms with E-state index in [1.165, 1.54) is 12.1 Å². The number of ketones is 1. The normalized spacial score (nSPS) is 17.2. The fraction of sp³-hybridized carbons (Fsp3) is 0.364. The molecule has 32 heavy (non-hydrogen) atoms. The number of piperidine rings is 1. The standard InChI is InChI=1S/C22H21F4N3O3/c23-14-9-16-18(30)11-22(28-19(16)17(24)10-14)5-7-29(8-6-22)21(31)27-12-13-1-3-15(4-2-13)32-20(25)26/h1-4,9-10,20,28H,5-8,11-12H2,(H,27,31). The number of alkyl halides is 2. The first-order valence-corrected chi connectivity index (χ1v) is 10.1. The van der Waals surface area contributed by atoms with Crippen LogP contribution >= 0.6 is 0 Å². The number of nitrogens with zero attached hydrogens (tertiary/aromatic N) is 1. The van der Waals surface area contributed by atoms with Crippen molar-refractivity contribution >= 4 is 17.5 Å². The van der Waals surface area contributed by atoms with E-state index in [2.05, 4.69) is 15.4 Å². The molecule has 1 fully saturated rings. The molecular weight excluding hydrogens is 430 g/mol. The summed E-state index contributed by atoms with van der Waals surface area (Å²) in [5.74, 6) is -1.89. The van der Waals surface area contributed by atoms with E-state index < -0.39 is 23.8 Å².